The Labute approximate surface area is 118 Å². The lowest BCUT2D eigenvalue weighted by atomic mass is 10.1. The van der Waals surface area contributed by atoms with E-state index >= 15 is 0 Å². The second-order valence-corrected chi connectivity index (χ2v) is 5.62. The van der Waals surface area contributed by atoms with E-state index in [9.17, 15) is 4.79 Å². The molecule has 1 unspecified atom stereocenters. The van der Waals surface area contributed by atoms with E-state index in [4.69, 9.17) is 0 Å². The van der Waals surface area contributed by atoms with Crippen molar-refractivity contribution in [3.8, 4) is 0 Å². The van der Waals surface area contributed by atoms with Crippen molar-refractivity contribution in [3.05, 3.63) is 35.0 Å². The van der Waals surface area contributed by atoms with Crippen LogP contribution in [0.3, 0.4) is 0 Å². The zero-order valence-electron chi connectivity index (χ0n) is 12.0. The number of nitrogens with one attached hydrogen (secondary N) is 3. The molecule has 106 valence electrons. The molecule has 4 heteroatoms. The fraction of sp³-hybridized carbons (Fsp3) is 0.438. The smallest absolute Gasteiger partial charge is 0.237 e. The van der Waals surface area contributed by atoms with E-state index in [1.807, 2.05) is 0 Å². The fourth-order valence-corrected chi connectivity index (χ4v) is 2.84. The number of amides is 1. The first kappa shape index (κ1) is 13.2. The summed E-state index contributed by atoms with van der Waals surface area (Å²) < 4.78 is 0. The molecule has 1 aromatic heterocycles. The Morgan fingerprint density at radius 2 is 2.25 bits per heavy atom. The third-order valence-corrected chi connectivity index (χ3v) is 4.22. The van der Waals surface area contributed by atoms with Gasteiger partial charge in [-0.3, -0.25) is 4.79 Å². The van der Waals surface area contributed by atoms with Gasteiger partial charge < -0.3 is 15.6 Å². The van der Waals surface area contributed by atoms with Gasteiger partial charge in [0.1, 0.15) is 0 Å². The van der Waals surface area contributed by atoms with E-state index in [0.717, 1.165) is 30.5 Å². The van der Waals surface area contributed by atoms with Crippen molar-refractivity contribution >= 4 is 16.8 Å². The Bertz CT molecular complexity index is 638. The lowest BCUT2D eigenvalue weighted by Crippen LogP contribution is -2.39. The predicted octanol–water partition coefficient (Wildman–Crippen LogP) is 2.15. The maximum atomic E-state index is 12.0. The Balaban J connectivity index is 1.71. The molecule has 0 radical (unpaired) electrons. The van der Waals surface area contributed by atoms with Crippen LogP contribution < -0.4 is 10.6 Å². The van der Waals surface area contributed by atoms with Crippen LogP contribution in [-0.2, 0) is 11.3 Å². The summed E-state index contributed by atoms with van der Waals surface area (Å²) in [5.41, 5.74) is 4.79. The summed E-state index contributed by atoms with van der Waals surface area (Å²) in [7, 11) is 0. The minimum atomic E-state index is -0.00466. The molecular formula is C16H21N3O. The molecule has 3 rings (SSSR count). The molecule has 1 amide bonds. The number of benzene rings is 1. The molecule has 0 spiro atoms. The van der Waals surface area contributed by atoms with Crippen LogP contribution in [0.4, 0.5) is 0 Å². The zero-order valence-corrected chi connectivity index (χ0v) is 12.0. The molecular weight excluding hydrogens is 250 g/mol. The highest BCUT2D eigenvalue weighted by atomic mass is 16.2. The molecule has 0 aliphatic carbocycles. The lowest BCUT2D eigenvalue weighted by molar-refractivity contribution is -0.122. The maximum Gasteiger partial charge on any atom is 0.237 e. The first-order chi connectivity index (χ1) is 9.65. The number of H-pyrrole nitrogens is 1. The van der Waals surface area contributed by atoms with Crippen molar-refractivity contribution in [1.29, 1.82) is 0 Å². The molecule has 1 aromatic carbocycles. The first-order valence-electron chi connectivity index (χ1n) is 7.24. The van der Waals surface area contributed by atoms with E-state index < -0.39 is 0 Å². The molecule has 3 N–H and O–H groups in total. The maximum absolute atomic E-state index is 12.0. The van der Waals surface area contributed by atoms with Gasteiger partial charge in [0.05, 0.1) is 6.04 Å². The van der Waals surface area contributed by atoms with Crippen LogP contribution in [0.5, 0.6) is 0 Å². The van der Waals surface area contributed by atoms with Crippen LogP contribution in [-0.4, -0.2) is 23.5 Å². The Hall–Kier alpha value is -1.81. The molecule has 0 bridgehead atoms. The number of carbonyl (C=O) groups excluding carboxylic acids is 1. The van der Waals surface area contributed by atoms with E-state index in [1.165, 1.54) is 16.6 Å². The molecule has 1 aliphatic heterocycles. The van der Waals surface area contributed by atoms with Gasteiger partial charge >= 0.3 is 0 Å². The fourth-order valence-electron chi connectivity index (χ4n) is 2.84. The summed E-state index contributed by atoms with van der Waals surface area (Å²) in [5, 5.41) is 7.48. The number of carbonyl (C=O) groups is 1. The largest absolute Gasteiger partial charge is 0.358 e. The Morgan fingerprint density at radius 1 is 1.40 bits per heavy atom. The molecule has 2 aromatic rings. The second kappa shape index (κ2) is 5.29. The summed E-state index contributed by atoms with van der Waals surface area (Å²) in [6.45, 7) is 5.75. The third kappa shape index (κ3) is 2.43. The topological polar surface area (TPSA) is 56.9 Å². The quantitative estimate of drug-likeness (QED) is 0.801. The standard InChI is InChI=1S/C16H21N3O/c1-10-11(2)19-14-6-5-12(8-13(10)14)9-18-16(20)15-4-3-7-17-15/h5-6,8,15,17,19H,3-4,7,9H2,1-2H3,(H,18,20). The van der Waals surface area contributed by atoms with Crippen molar-refractivity contribution < 1.29 is 4.79 Å². The molecule has 4 nitrogen and oxygen atoms in total. The number of fused-ring (bicyclic) bond motifs is 1. The van der Waals surface area contributed by atoms with Crippen molar-refractivity contribution in [2.24, 2.45) is 0 Å². The Kier molecular flexibility index (Phi) is 3.49. The van der Waals surface area contributed by atoms with Crippen molar-refractivity contribution in [2.45, 2.75) is 39.3 Å². The average molecular weight is 271 g/mol. The summed E-state index contributed by atoms with van der Waals surface area (Å²) in [6, 6.07) is 6.32. The minimum Gasteiger partial charge on any atom is -0.358 e. The van der Waals surface area contributed by atoms with Crippen molar-refractivity contribution in [3.63, 3.8) is 0 Å². The molecule has 1 atom stereocenters. The van der Waals surface area contributed by atoms with Gasteiger partial charge in [-0.25, -0.2) is 0 Å². The summed E-state index contributed by atoms with van der Waals surface area (Å²) in [4.78, 5) is 15.3. The van der Waals surface area contributed by atoms with Crippen LogP contribution in [0.25, 0.3) is 10.9 Å². The number of aromatic nitrogens is 1. The highest BCUT2D eigenvalue weighted by molar-refractivity contribution is 5.85. The van der Waals surface area contributed by atoms with Crippen LogP contribution in [0.2, 0.25) is 0 Å². The van der Waals surface area contributed by atoms with Crippen LogP contribution in [0.1, 0.15) is 29.7 Å². The van der Waals surface area contributed by atoms with E-state index in [-0.39, 0.29) is 11.9 Å². The number of rotatable bonds is 3. The van der Waals surface area contributed by atoms with E-state index in [0.29, 0.717) is 6.54 Å². The van der Waals surface area contributed by atoms with Crippen molar-refractivity contribution in [2.75, 3.05) is 6.54 Å². The van der Waals surface area contributed by atoms with Gasteiger partial charge in [0.15, 0.2) is 0 Å². The van der Waals surface area contributed by atoms with E-state index in [1.54, 1.807) is 0 Å². The van der Waals surface area contributed by atoms with Crippen molar-refractivity contribution in [1.82, 2.24) is 15.6 Å². The summed E-state index contributed by atoms with van der Waals surface area (Å²) >= 11 is 0. The molecule has 1 saturated heterocycles. The predicted molar refractivity (Wildman–Crippen MR) is 80.6 cm³/mol. The average Bonchev–Trinajstić information content (AvgIpc) is 3.07. The second-order valence-electron chi connectivity index (χ2n) is 5.62. The monoisotopic (exact) mass is 271 g/mol. The Morgan fingerprint density at radius 3 is 3.00 bits per heavy atom. The summed E-state index contributed by atoms with van der Waals surface area (Å²) in [5.74, 6) is 0.115. The number of aromatic amines is 1. The third-order valence-electron chi connectivity index (χ3n) is 4.22. The van der Waals surface area contributed by atoms with Crippen LogP contribution >= 0.6 is 0 Å². The normalized spacial score (nSPS) is 18.6. The number of hydrogen-bond donors (Lipinski definition) is 3. The van der Waals surface area contributed by atoms with Gasteiger partial charge in [-0.2, -0.15) is 0 Å². The van der Waals surface area contributed by atoms with Gasteiger partial charge in [-0.05, 0) is 56.5 Å². The minimum absolute atomic E-state index is 0.00466. The number of aryl methyl sites for hydroxylation is 2. The molecule has 0 saturated carbocycles. The van der Waals surface area contributed by atoms with E-state index in [2.05, 4.69) is 47.7 Å². The van der Waals surface area contributed by atoms with Crippen LogP contribution in [0, 0.1) is 13.8 Å². The van der Waals surface area contributed by atoms with Gasteiger partial charge in [0, 0.05) is 23.1 Å². The number of hydrogen-bond acceptors (Lipinski definition) is 2. The van der Waals surface area contributed by atoms with Gasteiger partial charge in [0.25, 0.3) is 0 Å². The highest BCUT2D eigenvalue weighted by Crippen LogP contribution is 2.22. The zero-order chi connectivity index (χ0) is 14.1. The highest BCUT2D eigenvalue weighted by Gasteiger charge is 2.21. The SMILES string of the molecule is Cc1[nH]c2ccc(CNC(=O)C3CCCN3)cc2c1C. The van der Waals surface area contributed by atoms with Gasteiger partial charge in [0.2, 0.25) is 5.91 Å². The van der Waals surface area contributed by atoms with Gasteiger partial charge in [-0.1, -0.05) is 6.07 Å². The summed E-state index contributed by atoms with van der Waals surface area (Å²) in [6.07, 6.45) is 2.03. The molecule has 2 heterocycles. The molecule has 1 aliphatic rings. The molecule has 20 heavy (non-hydrogen) atoms. The van der Waals surface area contributed by atoms with Crippen LogP contribution in [0.15, 0.2) is 18.2 Å². The molecule has 1 fully saturated rings. The van der Waals surface area contributed by atoms with Gasteiger partial charge in [-0.15, -0.1) is 0 Å². The lowest BCUT2D eigenvalue weighted by Gasteiger charge is -2.11. The first-order valence-corrected chi connectivity index (χ1v) is 7.24.